The van der Waals surface area contributed by atoms with Gasteiger partial charge in [0.15, 0.2) is 0 Å². The first-order valence-corrected chi connectivity index (χ1v) is 5.90. The van der Waals surface area contributed by atoms with Crippen molar-refractivity contribution < 1.29 is 19.4 Å². The van der Waals surface area contributed by atoms with Crippen molar-refractivity contribution in [1.82, 2.24) is 4.98 Å². The summed E-state index contributed by atoms with van der Waals surface area (Å²) in [6.45, 7) is 1.56. The number of carbonyl (C=O) groups is 2. The Morgan fingerprint density at radius 3 is 2.89 bits per heavy atom. The summed E-state index contributed by atoms with van der Waals surface area (Å²) >= 11 is 0. The average molecular weight is 265 g/mol. The highest BCUT2D eigenvalue weighted by molar-refractivity contribution is 5.92. The zero-order valence-electron chi connectivity index (χ0n) is 10.3. The lowest BCUT2D eigenvalue weighted by Crippen LogP contribution is -2.43. The molecule has 7 nitrogen and oxygen atoms in total. The van der Waals surface area contributed by atoms with Gasteiger partial charge in [0.25, 0.3) is 0 Å². The van der Waals surface area contributed by atoms with Crippen molar-refractivity contribution >= 4 is 17.7 Å². The lowest BCUT2D eigenvalue weighted by molar-refractivity contribution is -0.140. The molecule has 1 saturated heterocycles. The van der Waals surface area contributed by atoms with E-state index in [0.29, 0.717) is 31.1 Å². The molecule has 19 heavy (non-hydrogen) atoms. The van der Waals surface area contributed by atoms with Gasteiger partial charge < -0.3 is 20.5 Å². The first-order chi connectivity index (χ1) is 9.06. The molecule has 1 amide bonds. The summed E-state index contributed by atoms with van der Waals surface area (Å²) < 4.78 is 5.38. The number of aliphatic carboxylic acids is 1. The number of morpholine rings is 1. The Labute approximate surface area is 110 Å². The molecule has 1 aliphatic rings. The molecule has 2 heterocycles. The van der Waals surface area contributed by atoms with Crippen molar-refractivity contribution in [1.29, 1.82) is 0 Å². The normalized spacial score (nSPS) is 19.2. The number of ether oxygens (including phenoxy) is 1. The monoisotopic (exact) mass is 265 g/mol. The second-order valence-electron chi connectivity index (χ2n) is 4.31. The van der Waals surface area contributed by atoms with Gasteiger partial charge in [0.1, 0.15) is 5.82 Å². The van der Waals surface area contributed by atoms with Crippen molar-refractivity contribution in [3.8, 4) is 0 Å². The van der Waals surface area contributed by atoms with Gasteiger partial charge in [-0.3, -0.25) is 9.59 Å². The Morgan fingerprint density at radius 1 is 1.53 bits per heavy atom. The SMILES string of the molecule is NC(=O)c1ccc(N2CCOC(CC(=O)O)C2)nc1. The van der Waals surface area contributed by atoms with Crippen LogP contribution in [0.3, 0.4) is 0 Å². The van der Waals surface area contributed by atoms with Crippen LogP contribution in [0, 0.1) is 0 Å². The van der Waals surface area contributed by atoms with E-state index < -0.39 is 11.9 Å². The fraction of sp³-hybridized carbons (Fsp3) is 0.417. The van der Waals surface area contributed by atoms with Crippen LogP contribution in [0.25, 0.3) is 0 Å². The lowest BCUT2D eigenvalue weighted by Gasteiger charge is -2.33. The number of rotatable bonds is 4. The molecule has 102 valence electrons. The molecule has 2 rings (SSSR count). The van der Waals surface area contributed by atoms with Gasteiger partial charge in [-0.1, -0.05) is 0 Å². The van der Waals surface area contributed by atoms with E-state index in [1.54, 1.807) is 12.1 Å². The number of anilines is 1. The van der Waals surface area contributed by atoms with E-state index in [4.69, 9.17) is 15.6 Å². The predicted octanol–water partition coefficient (Wildman–Crippen LogP) is -0.140. The van der Waals surface area contributed by atoms with Crippen LogP contribution in [0.2, 0.25) is 0 Å². The molecule has 7 heteroatoms. The van der Waals surface area contributed by atoms with Crippen LogP contribution in [0.1, 0.15) is 16.8 Å². The first kappa shape index (κ1) is 13.3. The maximum absolute atomic E-state index is 10.9. The standard InChI is InChI=1S/C12H15N3O4/c13-12(18)8-1-2-10(14-6-8)15-3-4-19-9(7-15)5-11(16)17/h1-2,6,9H,3-5,7H2,(H2,13,18)(H,16,17). The fourth-order valence-electron chi connectivity index (χ4n) is 1.96. The van der Waals surface area contributed by atoms with E-state index in [2.05, 4.69) is 4.98 Å². The Balaban J connectivity index is 2.04. The molecule has 1 fully saturated rings. The number of carbonyl (C=O) groups excluding carboxylic acids is 1. The largest absolute Gasteiger partial charge is 0.481 e. The molecule has 0 spiro atoms. The van der Waals surface area contributed by atoms with E-state index in [1.165, 1.54) is 6.20 Å². The van der Waals surface area contributed by atoms with Crippen molar-refractivity contribution in [3.05, 3.63) is 23.9 Å². The van der Waals surface area contributed by atoms with Gasteiger partial charge in [0.05, 0.1) is 24.7 Å². The van der Waals surface area contributed by atoms with Crippen LogP contribution in [0.5, 0.6) is 0 Å². The summed E-state index contributed by atoms with van der Waals surface area (Å²) in [5, 5.41) is 8.75. The van der Waals surface area contributed by atoms with Crippen LogP contribution >= 0.6 is 0 Å². The van der Waals surface area contributed by atoms with Crippen molar-refractivity contribution in [2.24, 2.45) is 5.73 Å². The van der Waals surface area contributed by atoms with E-state index >= 15 is 0 Å². The quantitative estimate of drug-likeness (QED) is 0.785. The number of amides is 1. The summed E-state index contributed by atoms with van der Waals surface area (Å²) in [5.41, 5.74) is 5.49. The number of hydrogen-bond acceptors (Lipinski definition) is 5. The van der Waals surface area contributed by atoms with Crippen molar-refractivity contribution in [2.75, 3.05) is 24.6 Å². The smallest absolute Gasteiger partial charge is 0.306 e. The van der Waals surface area contributed by atoms with Crippen LogP contribution in [-0.4, -0.2) is 47.8 Å². The zero-order valence-corrected chi connectivity index (χ0v) is 10.3. The van der Waals surface area contributed by atoms with E-state index in [9.17, 15) is 9.59 Å². The Kier molecular flexibility index (Phi) is 3.96. The minimum Gasteiger partial charge on any atom is -0.481 e. The molecular weight excluding hydrogens is 250 g/mol. The maximum atomic E-state index is 10.9. The number of nitrogens with zero attached hydrogens (tertiary/aromatic N) is 2. The highest BCUT2D eigenvalue weighted by Crippen LogP contribution is 2.16. The van der Waals surface area contributed by atoms with Crippen LogP contribution in [-0.2, 0) is 9.53 Å². The zero-order chi connectivity index (χ0) is 13.8. The molecule has 1 aromatic rings. The van der Waals surface area contributed by atoms with Crippen LogP contribution in [0.15, 0.2) is 18.3 Å². The summed E-state index contributed by atoms with van der Waals surface area (Å²) in [4.78, 5) is 27.7. The third kappa shape index (κ3) is 3.41. The number of aromatic nitrogens is 1. The third-order valence-electron chi connectivity index (χ3n) is 2.90. The highest BCUT2D eigenvalue weighted by atomic mass is 16.5. The predicted molar refractivity (Wildman–Crippen MR) is 67.0 cm³/mol. The Bertz CT molecular complexity index is 474. The molecular formula is C12H15N3O4. The summed E-state index contributed by atoms with van der Waals surface area (Å²) in [7, 11) is 0. The third-order valence-corrected chi connectivity index (χ3v) is 2.90. The van der Waals surface area contributed by atoms with Gasteiger partial charge in [-0.25, -0.2) is 4.98 Å². The topological polar surface area (TPSA) is 106 Å². The minimum absolute atomic E-state index is 0.0319. The van der Waals surface area contributed by atoms with Crippen molar-refractivity contribution in [3.63, 3.8) is 0 Å². The second-order valence-corrected chi connectivity index (χ2v) is 4.31. The molecule has 0 saturated carbocycles. The van der Waals surface area contributed by atoms with Gasteiger partial charge >= 0.3 is 5.97 Å². The molecule has 0 aromatic carbocycles. The number of carboxylic acid groups (broad SMARTS) is 1. The first-order valence-electron chi connectivity index (χ1n) is 5.90. The molecule has 0 aliphatic carbocycles. The molecule has 1 aliphatic heterocycles. The van der Waals surface area contributed by atoms with Gasteiger partial charge in [-0.15, -0.1) is 0 Å². The molecule has 1 aromatic heterocycles. The van der Waals surface area contributed by atoms with E-state index in [0.717, 1.165) is 0 Å². The van der Waals surface area contributed by atoms with Gasteiger partial charge in [-0.05, 0) is 12.1 Å². The Hall–Kier alpha value is -2.15. The van der Waals surface area contributed by atoms with Gasteiger partial charge in [0, 0.05) is 19.3 Å². The summed E-state index contributed by atoms with van der Waals surface area (Å²) in [6, 6.07) is 3.30. The maximum Gasteiger partial charge on any atom is 0.306 e. The lowest BCUT2D eigenvalue weighted by atomic mass is 10.2. The molecule has 3 N–H and O–H groups in total. The molecule has 1 unspecified atom stereocenters. The average Bonchev–Trinajstić information content (AvgIpc) is 2.38. The van der Waals surface area contributed by atoms with Crippen molar-refractivity contribution in [2.45, 2.75) is 12.5 Å². The van der Waals surface area contributed by atoms with Gasteiger partial charge in [0.2, 0.25) is 5.91 Å². The summed E-state index contributed by atoms with van der Waals surface area (Å²) in [6.07, 6.45) is 1.04. The second kappa shape index (κ2) is 5.66. The number of primary amides is 1. The van der Waals surface area contributed by atoms with E-state index in [1.807, 2.05) is 4.90 Å². The number of carboxylic acids is 1. The van der Waals surface area contributed by atoms with E-state index in [-0.39, 0.29) is 12.5 Å². The highest BCUT2D eigenvalue weighted by Gasteiger charge is 2.23. The van der Waals surface area contributed by atoms with Crippen LogP contribution < -0.4 is 10.6 Å². The fourth-order valence-corrected chi connectivity index (χ4v) is 1.96. The Morgan fingerprint density at radius 2 is 2.32 bits per heavy atom. The number of hydrogen-bond donors (Lipinski definition) is 2. The minimum atomic E-state index is -0.885. The molecule has 0 radical (unpaired) electrons. The molecule has 0 bridgehead atoms. The summed E-state index contributed by atoms with van der Waals surface area (Å²) in [5.74, 6) is -0.725. The number of pyridine rings is 1. The number of nitrogens with two attached hydrogens (primary N) is 1. The van der Waals surface area contributed by atoms with Gasteiger partial charge in [-0.2, -0.15) is 0 Å². The molecule has 1 atom stereocenters. The van der Waals surface area contributed by atoms with Crippen LogP contribution in [0.4, 0.5) is 5.82 Å².